The largest absolute Gasteiger partial charge is 0.478 e. The Morgan fingerprint density at radius 2 is 1.57 bits per heavy atom. The second-order valence-corrected chi connectivity index (χ2v) is 7.20. The van der Waals surface area contributed by atoms with Crippen molar-refractivity contribution in [3.63, 3.8) is 0 Å². The number of anilines is 3. The first-order valence-corrected chi connectivity index (χ1v) is 9.34. The van der Waals surface area contributed by atoms with Gasteiger partial charge in [0.15, 0.2) is 0 Å². The molecule has 3 N–H and O–H groups in total. The molecule has 0 bridgehead atoms. The lowest BCUT2D eigenvalue weighted by molar-refractivity contribution is 0.0696. The highest BCUT2D eigenvalue weighted by Crippen LogP contribution is 2.30. The lowest BCUT2D eigenvalue weighted by atomic mass is 10.0. The number of urea groups is 1. The van der Waals surface area contributed by atoms with Crippen molar-refractivity contribution in [1.29, 1.82) is 0 Å². The zero-order chi connectivity index (χ0) is 20.3. The number of aromatic carboxylic acids is 1. The Balaban J connectivity index is 1.82. The van der Waals surface area contributed by atoms with Gasteiger partial charge in [-0.2, -0.15) is 0 Å². The number of aryl methyl sites for hydroxylation is 1. The van der Waals surface area contributed by atoms with Crippen LogP contribution in [0.15, 0.2) is 30.3 Å². The standard InChI is InChI=1S/C19H19Cl2N3O4/c1-11-6-14(22-19(27)23-15-8-12(20)7-13(21)9-15)10-16(18(25)26)17(11)24-2-4-28-5-3-24/h6-10H,2-5H2,1H3,(H,25,26)(H2,22,23,27). The van der Waals surface area contributed by atoms with Crippen LogP contribution in [-0.2, 0) is 4.74 Å². The molecular weight excluding hydrogens is 405 g/mol. The molecule has 1 aliphatic rings. The number of nitrogens with one attached hydrogen (secondary N) is 2. The van der Waals surface area contributed by atoms with Crippen molar-refractivity contribution in [1.82, 2.24) is 0 Å². The van der Waals surface area contributed by atoms with Crippen molar-refractivity contribution >= 4 is 52.3 Å². The van der Waals surface area contributed by atoms with Crippen molar-refractivity contribution in [3.05, 3.63) is 51.5 Å². The molecule has 0 atom stereocenters. The van der Waals surface area contributed by atoms with Gasteiger partial charge in [0.2, 0.25) is 0 Å². The van der Waals surface area contributed by atoms with E-state index in [4.69, 9.17) is 27.9 Å². The Morgan fingerprint density at radius 3 is 2.14 bits per heavy atom. The highest BCUT2D eigenvalue weighted by atomic mass is 35.5. The average molecular weight is 424 g/mol. The summed E-state index contributed by atoms with van der Waals surface area (Å²) in [5.74, 6) is -1.06. The minimum Gasteiger partial charge on any atom is -0.478 e. The van der Waals surface area contributed by atoms with Gasteiger partial charge in [-0.1, -0.05) is 23.2 Å². The third kappa shape index (κ3) is 4.86. The van der Waals surface area contributed by atoms with Crippen LogP contribution in [0.1, 0.15) is 15.9 Å². The Kier molecular flexibility index (Phi) is 6.28. The maximum Gasteiger partial charge on any atom is 0.337 e. The number of ether oxygens (including phenoxy) is 1. The lowest BCUT2D eigenvalue weighted by Crippen LogP contribution is -2.37. The topological polar surface area (TPSA) is 90.9 Å². The molecule has 0 radical (unpaired) electrons. The molecule has 0 unspecified atom stereocenters. The summed E-state index contributed by atoms with van der Waals surface area (Å²) in [5.41, 5.74) is 2.32. The highest BCUT2D eigenvalue weighted by molar-refractivity contribution is 6.35. The van der Waals surface area contributed by atoms with E-state index in [0.717, 1.165) is 5.56 Å². The maximum absolute atomic E-state index is 12.3. The van der Waals surface area contributed by atoms with Gasteiger partial charge in [0.25, 0.3) is 0 Å². The molecule has 148 valence electrons. The Labute approximate surface area is 172 Å². The highest BCUT2D eigenvalue weighted by Gasteiger charge is 2.22. The molecule has 0 aliphatic carbocycles. The average Bonchev–Trinajstić information content (AvgIpc) is 2.60. The number of hydrogen-bond acceptors (Lipinski definition) is 4. The fourth-order valence-electron chi connectivity index (χ4n) is 3.14. The normalized spacial score (nSPS) is 13.9. The monoisotopic (exact) mass is 423 g/mol. The number of carbonyl (C=O) groups is 2. The third-order valence-corrected chi connectivity index (χ3v) is 4.67. The molecule has 0 spiro atoms. The number of rotatable bonds is 4. The second-order valence-electron chi connectivity index (χ2n) is 6.33. The van der Waals surface area contributed by atoms with Crippen molar-refractivity contribution in [2.45, 2.75) is 6.92 Å². The summed E-state index contributed by atoms with van der Waals surface area (Å²) in [6, 6.07) is 7.32. The maximum atomic E-state index is 12.3. The van der Waals surface area contributed by atoms with E-state index in [1.54, 1.807) is 24.3 Å². The molecular formula is C19H19Cl2N3O4. The first-order chi connectivity index (χ1) is 13.3. The number of carboxylic acid groups (broad SMARTS) is 1. The van der Waals surface area contributed by atoms with E-state index in [1.165, 1.54) is 6.07 Å². The summed E-state index contributed by atoms with van der Waals surface area (Å²) >= 11 is 11.9. The number of carbonyl (C=O) groups excluding carboxylic acids is 1. The Bertz CT molecular complexity index is 894. The fourth-order valence-corrected chi connectivity index (χ4v) is 3.67. The van der Waals surface area contributed by atoms with Crippen LogP contribution in [0.3, 0.4) is 0 Å². The number of carboxylic acids is 1. The molecule has 2 aromatic rings. The SMILES string of the molecule is Cc1cc(NC(=O)Nc2cc(Cl)cc(Cl)c2)cc(C(=O)O)c1N1CCOCC1. The molecule has 1 heterocycles. The van der Waals surface area contributed by atoms with Crippen LogP contribution in [0, 0.1) is 6.92 Å². The second kappa shape index (κ2) is 8.68. The molecule has 2 aromatic carbocycles. The van der Waals surface area contributed by atoms with E-state index in [0.29, 0.717) is 53.4 Å². The van der Waals surface area contributed by atoms with Crippen molar-refractivity contribution in [2.24, 2.45) is 0 Å². The zero-order valence-electron chi connectivity index (χ0n) is 15.1. The first-order valence-electron chi connectivity index (χ1n) is 8.58. The van der Waals surface area contributed by atoms with E-state index in [9.17, 15) is 14.7 Å². The summed E-state index contributed by atoms with van der Waals surface area (Å²) in [5, 5.41) is 15.7. The van der Waals surface area contributed by atoms with Gasteiger partial charge in [-0.3, -0.25) is 0 Å². The lowest BCUT2D eigenvalue weighted by Gasteiger charge is -2.31. The molecule has 1 aliphatic heterocycles. The number of benzene rings is 2. The number of nitrogens with zero attached hydrogens (tertiary/aromatic N) is 1. The summed E-state index contributed by atoms with van der Waals surface area (Å²) < 4.78 is 5.34. The number of morpholine rings is 1. The van der Waals surface area contributed by atoms with E-state index in [-0.39, 0.29) is 5.56 Å². The van der Waals surface area contributed by atoms with Gasteiger partial charge in [0.05, 0.1) is 24.5 Å². The van der Waals surface area contributed by atoms with Crippen molar-refractivity contribution < 1.29 is 19.4 Å². The molecule has 9 heteroatoms. The van der Waals surface area contributed by atoms with Crippen LogP contribution in [0.4, 0.5) is 21.9 Å². The van der Waals surface area contributed by atoms with E-state index < -0.39 is 12.0 Å². The number of hydrogen-bond donors (Lipinski definition) is 3. The predicted molar refractivity (Wildman–Crippen MR) is 110 cm³/mol. The molecule has 1 fully saturated rings. The smallest absolute Gasteiger partial charge is 0.337 e. The van der Waals surface area contributed by atoms with Crippen LogP contribution < -0.4 is 15.5 Å². The van der Waals surface area contributed by atoms with Gasteiger partial charge >= 0.3 is 12.0 Å². The summed E-state index contributed by atoms with van der Waals surface area (Å²) in [7, 11) is 0. The molecule has 0 aromatic heterocycles. The van der Waals surface area contributed by atoms with E-state index in [2.05, 4.69) is 10.6 Å². The van der Waals surface area contributed by atoms with Gasteiger partial charge in [-0.05, 0) is 42.8 Å². The quantitative estimate of drug-likeness (QED) is 0.673. The first kappa shape index (κ1) is 20.3. The Morgan fingerprint density at radius 1 is 1.00 bits per heavy atom. The summed E-state index contributed by atoms with van der Waals surface area (Å²) in [6.07, 6.45) is 0. The molecule has 7 nitrogen and oxygen atoms in total. The molecule has 2 amide bonds. The summed E-state index contributed by atoms with van der Waals surface area (Å²) in [4.78, 5) is 26.1. The van der Waals surface area contributed by atoms with Crippen LogP contribution >= 0.6 is 23.2 Å². The minimum atomic E-state index is -1.06. The van der Waals surface area contributed by atoms with Crippen LogP contribution in [-0.4, -0.2) is 43.4 Å². The molecule has 0 saturated carbocycles. The fraction of sp³-hybridized carbons (Fsp3) is 0.263. The van der Waals surface area contributed by atoms with Crippen molar-refractivity contribution in [3.8, 4) is 0 Å². The molecule has 3 rings (SSSR count). The number of halogens is 2. The van der Waals surface area contributed by atoms with Gasteiger partial charge in [0, 0.05) is 34.5 Å². The van der Waals surface area contributed by atoms with E-state index in [1.807, 2.05) is 11.8 Å². The van der Waals surface area contributed by atoms with Gasteiger partial charge < -0.3 is 25.4 Å². The van der Waals surface area contributed by atoms with Crippen LogP contribution in [0.25, 0.3) is 0 Å². The third-order valence-electron chi connectivity index (χ3n) is 4.24. The van der Waals surface area contributed by atoms with E-state index >= 15 is 0 Å². The zero-order valence-corrected chi connectivity index (χ0v) is 16.6. The number of amides is 2. The molecule has 1 saturated heterocycles. The van der Waals surface area contributed by atoms with Crippen LogP contribution in [0.5, 0.6) is 0 Å². The summed E-state index contributed by atoms with van der Waals surface area (Å²) in [6.45, 7) is 4.14. The minimum absolute atomic E-state index is 0.128. The van der Waals surface area contributed by atoms with Gasteiger partial charge in [0.1, 0.15) is 0 Å². The predicted octanol–water partition coefficient (Wildman–Crippen LogP) is 4.48. The van der Waals surface area contributed by atoms with Gasteiger partial charge in [-0.15, -0.1) is 0 Å². The Hall–Kier alpha value is -2.48. The van der Waals surface area contributed by atoms with Crippen LogP contribution in [0.2, 0.25) is 10.0 Å². The van der Waals surface area contributed by atoms with Crippen molar-refractivity contribution in [2.75, 3.05) is 41.8 Å². The van der Waals surface area contributed by atoms with Gasteiger partial charge in [-0.25, -0.2) is 9.59 Å². The molecule has 28 heavy (non-hydrogen) atoms.